The molecule has 0 bridgehead atoms. The van der Waals surface area contributed by atoms with Crippen molar-refractivity contribution in [1.82, 2.24) is 20.5 Å². The van der Waals surface area contributed by atoms with Crippen LogP contribution in [0.2, 0.25) is 0 Å². The SMILES string of the molecule is O=C(NCCN1CCOCC1)c1ccnc(C(=O)NCc2ccccc2)c1. The number of nitrogens with zero attached hydrogens (tertiary/aromatic N) is 2. The zero-order valence-electron chi connectivity index (χ0n) is 15.2. The molecule has 27 heavy (non-hydrogen) atoms. The largest absolute Gasteiger partial charge is 0.379 e. The third kappa shape index (κ3) is 5.87. The van der Waals surface area contributed by atoms with Crippen molar-refractivity contribution < 1.29 is 14.3 Å². The fourth-order valence-electron chi connectivity index (χ4n) is 2.82. The molecule has 1 saturated heterocycles. The molecule has 0 aliphatic carbocycles. The molecular formula is C20H24N4O3. The van der Waals surface area contributed by atoms with E-state index in [0.717, 1.165) is 38.4 Å². The van der Waals surface area contributed by atoms with E-state index >= 15 is 0 Å². The molecule has 1 aliphatic rings. The minimum atomic E-state index is -0.304. The van der Waals surface area contributed by atoms with Crippen molar-refractivity contribution in [3.05, 3.63) is 65.5 Å². The molecule has 0 saturated carbocycles. The smallest absolute Gasteiger partial charge is 0.270 e. The number of morpholine rings is 1. The fourth-order valence-corrected chi connectivity index (χ4v) is 2.82. The Morgan fingerprint density at radius 2 is 1.81 bits per heavy atom. The number of amides is 2. The van der Waals surface area contributed by atoms with Gasteiger partial charge in [0.2, 0.25) is 0 Å². The molecule has 2 aromatic rings. The maximum Gasteiger partial charge on any atom is 0.270 e. The van der Waals surface area contributed by atoms with E-state index in [-0.39, 0.29) is 17.5 Å². The number of nitrogens with one attached hydrogen (secondary N) is 2. The summed E-state index contributed by atoms with van der Waals surface area (Å²) in [6.07, 6.45) is 1.48. The summed E-state index contributed by atoms with van der Waals surface area (Å²) in [5, 5.41) is 5.71. The lowest BCUT2D eigenvalue weighted by atomic mass is 10.2. The van der Waals surface area contributed by atoms with Crippen LogP contribution in [0, 0.1) is 0 Å². The van der Waals surface area contributed by atoms with Crippen molar-refractivity contribution in [3.63, 3.8) is 0 Å². The summed E-state index contributed by atoms with van der Waals surface area (Å²) in [5.41, 5.74) is 1.66. The first-order valence-corrected chi connectivity index (χ1v) is 9.09. The van der Waals surface area contributed by atoms with E-state index in [1.165, 1.54) is 12.3 Å². The first-order valence-electron chi connectivity index (χ1n) is 9.09. The molecule has 0 atom stereocenters. The average Bonchev–Trinajstić information content (AvgIpc) is 2.73. The number of hydrogen-bond donors (Lipinski definition) is 2. The Morgan fingerprint density at radius 3 is 2.59 bits per heavy atom. The topological polar surface area (TPSA) is 83.6 Å². The number of aromatic nitrogens is 1. The second kappa shape index (κ2) is 9.80. The summed E-state index contributed by atoms with van der Waals surface area (Å²) >= 11 is 0. The first-order chi connectivity index (χ1) is 13.2. The maximum absolute atomic E-state index is 12.3. The molecule has 142 valence electrons. The maximum atomic E-state index is 12.3. The molecule has 2 amide bonds. The lowest BCUT2D eigenvalue weighted by molar-refractivity contribution is 0.0383. The molecule has 2 heterocycles. The monoisotopic (exact) mass is 368 g/mol. The van der Waals surface area contributed by atoms with Gasteiger partial charge in [-0.05, 0) is 17.7 Å². The van der Waals surface area contributed by atoms with E-state index < -0.39 is 0 Å². The van der Waals surface area contributed by atoms with Crippen LogP contribution in [0.15, 0.2) is 48.7 Å². The van der Waals surface area contributed by atoms with Crippen LogP contribution in [0.5, 0.6) is 0 Å². The lowest BCUT2D eigenvalue weighted by Crippen LogP contribution is -2.41. The number of benzene rings is 1. The zero-order chi connectivity index (χ0) is 18.9. The highest BCUT2D eigenvalue weighted by Crippen LogP contribution is 2.04. The Hall–Kier alpha value is -2.77. The second-order valence-electron chi connectivity index (χ2n) is 6.31. The number of carbonyl (C=O) groups excluding carboxylic acids is 2. The Bertz CT molecular complexity index is 761. The molecule has 1 fully saturated rings. The molecule has 7 nitrogen and oxygen atoms in total. The van der Waals surface area contributed by atoms with Gasteiger partial charge in [0, 0.05) is 44.5 Å². The van der Waals surface area contributed by atoms with Crippen LogP contribution in [0.3, 0.4) is 0 Å². The van der Waals surface area contributed by atoms with Crippen LogP contribution in [0.1, 0.15) is 26.4 Å². The van der Waals surface area contributed by atoms with Gasteiger partial charge < -0.3 is 15.4 Å². The predicted octanol–water partition coefficient (Wildman–Crippen LogP) is 1.07. The molecule has 3 rings (SSSR count). The number of ether oxygens (including phenoxy) is 1. The van der Waals surface area contributed by atoms with Gasteiger partial charge in [-0.25, -0.2) is 0 Å². The van der Waals surface area contributed by atoms with E-state index in [4.69, 9.17) is 4.74 Å². The highest BCUT2D eigenvalue weighted by atomic mass is 16.5. The third-order valence-electron chi connectivity index (χ3n) is 4.37. The van der Waals surface area contributed by atoms with Gasteiger partial charge in [-0.15, -0.1) is 0 Å². The van der Waals surface area contributed by atoms with Crippen molar-refractivity contribution in [2.75, 3.05) is 39.4 Å². The molecule has 1 aromatic carbocycles. The Balaban J connectivity index is 1.49. The van der Waals surface area contributed by atoms with Crippen LogP contribution < -0.4 is 10.6 Å². The van der Waals surface area contributed by atoms with Gasteiger partial charge in [-0.2, -0.15) is 0 Å². The van der Waals surface area contributed by atoms with Crippen molar-refractivity contribution in [3.8, 4) is 0 Å². The van der Waals surface area contributed by atoms with E-state index in [1.54, 1.807) is 6.07 Å². The van der Waals surface area contributed by atoms with Crippen LogP contribution in [0.25, 0.3) is 0 Å². The number of rotatable bonds is 7. The predicted molar refractivity (Wildman–Crippen MR) is 101 cm³/mol. The number of hydrogen-bond acceptors (Lipinski definition) is 5. The number of carbonyl (C=O) groups is 2. The summed E-state index contributed by atoms with van der Waals surface area (Å²) in [5.74, 6) is -0.510. The minimum Gasteiger partial charge on any atom is -0.379 e. The van der Waals surface area contributed by atoms with Gasteiger partial charge in [0.1, 0.15) is 5.69 Å². The summed E-state index contributed by atoms with van der Waals surface area (Å²) in [6.45, 7) is 4.99. The first kappa shape index (κ1) is 19.0. The van der Waals surface area contributed by atoms with E-state index in [9.17, 15) is 9.59 Å². The highest BCUT2D eigenvalue weighted by molar-refractivity contribution is 5.98. The van der Waals surface area contributed by atoms with E-state index in [2.05, 4.69) is 20.5 Å². The molecule has 1 aromatic heterocycles. The Kier molecular flexibility index (Phi) is 6.90. The van der Waals surface area contributed by atoms with Gasteiger partial charge in [-0.3, -0.25) is 19.5 Å². The van der Waals surface area contributed by atoms with Gasteiger partial charge >= 0.3 is 0 Å². The molecule has 0 spiro atoms. The van der Waals surface area contributed by atoms with Crippen LogP contribution in [0.4, 0.5) is 0 Å². The Labute approximate surface area is 158 Å². The molecule has 0 radical (unpaired) electrons. The van der Waals surface area contributed by atoms with Gasteiger partial charge in [0.25, 0.3) is 11.8 Å². The lowest BCUT2D eigenvalue weighted by Gasteiger charge is -2.26. The van der Waals surface area contributed by atoms with Crippen LogP contribution in [-0.4, -0.2) is 61.1 Å². The zero-order valence-corrected chi connectivity index (χ0v) is 15.2. The normalized spacial score (nSPS) is 14.5. The third-order valence-corrected chi connectivity index (χ3v) is 4.37. The fraction of sp³-hybridized carbons (Fsp3) is 0.350. The van der Waals surface area contributed by atoms with Gasteiger partial charge in [0.05, 0.1) is 13.2 Å². The molecule has 7 heteroatoms. The van der Waals surface area contributed by atoms with E-state index in [1.807, 2.05) is 30.3 Å². The Morgan fingerprint density at radius 1 is 1.04 bits per heavy atom. The minimum absolute atomic E-state index is 0.206. The summed E-state index contributed by atoms with van der Waals surface area (Å²) in [6, 6.07) is 12.8. The van der Waals surface area contributed by atoms with Crippen molar-refractivity contribution >= 4 is 11.8 Å². The molecule has 1 aliphatic heterocycles. The quantitative estimate of drug-likeness (QED) is 0.764. The summed E-state index contributed by atoms with van der Waals surface area (Å²) in [4.78, 5) is 30.9. The molecular weight excluding hydrogens is 344 g/mol. The van der Waals surface area contributed by atoms with Gasteiger partial charge in [-0.1, -0.05) is 30.3 Å². The second-order valence-corrected chi connectivity index (χ2v) is 6.31. The van der Waals surface area contributed by atoms with Gasteiger partial charge in [0.15, 0.2) is 0 Å². The summed E-state index contributed by atoms with van der Waals surface area (Å²) < 4.78 is 5.31. The van der Waals surface area contributed by atoms with Crippen LogP contribution >= 0.6 is 0 Å². The van der Waals surface area contributed by atoms with Crippen molar-refractivity contribution in [2.45, 2.75) is 6.54 Å². The highest BCUT2D eigenvalue weighted by Gasteiger charge is 2.13. The standard InChI is InChI=1S/C20H24N4O3/c25-19(22-8-9-24-10-12-27-13-11-24)17-6-7-21-18(14-17)20(26)23-15-16-4-2-1-3-5-16/h1-7,14H,8-13,15H2,(H,22,25)(H,23,26). The van der Waals surface area contributed by atoms with Crippen molar-refractivity contribution in [2.24, 2.45) is 0 Å². The van der Waals surface area contributed by atoms with E-state index in [0.29, 0.717) is 18.7 Å². The summed E-state index contributed by atoms with van der Waals surface area (Å²) in [7, 11) is 0. The number of pyridine rings is 1. The molecule has 2 N–H and O–H groups in total. The molecule has 0 unspecified atom stereocenters. The average molecular weight is 368 g/mol. The van der Waals surface area contributed by atoms with Crippen molar-refractivity contribution in [1.29, 1.82) is 0 Å². The van der Waals surface area contributed by atoms with Crippen LogP contribution in [-0.2, 0) is 11.3 Å².